The van der Waals surface area contributed by atoms with E-state index < -0.39 is 0 Å². The molecule has 1 saturated carbocycles. The highest BCUT2D eigenvalue weighted by atomic mass is 16.5. The lowest BCUT2D eigenvalue weighted by molar-refractivity contribution is 0.0738. The molecule has 0 spiro atoms. The third-order valence-corrected chi connectivity index (χ3v) is 3.65. The van der Waals surface area contributed by atoms with Crippen LogP contribution in [0.15, 0.2) is 0 Å². The van der Waals surface area contributed by atoms with Crippen molar-refractivity contribution in [1.29, 1.82) is 0 Å². The van der Waals surface area contributed by atoms with Gasteiger partial charge in [-0.3, -0.25) is 0 Å². The van der Waals surface area contributed by atoms with Gasteiger partial charge in [-0.15, -0.1) is 0 Å². The summed E-state index contributed by atoms with van der Waals surface area (Å²) in [4.78, 5) is 0. The van der Waals surface area contributed by atoms with Gasteiger partial charge in [-0.25, -0.2) is 0 Å². The molecule has 1 saturated heterocycles. The van der Waals surface area contributed by atoms with E-state index in [4.69, 9.17) is 4.74 Å². The predicted octanol–water partition coefficient (Wildman–Crippen LogP) is 2.33. The van der Waals surface area contributed by atoms with Gasteiger partial charge >= 0.3 is 0 Å². The lowest BCUT2D eigenvalue weighted by atomic mass is 9.81. The minimum Gasteiger partial charge on any atom is -0.381 e. The van der Waals surface area contributed by atoms with Crippen molar-refractivity contribution in [3.63, 3.8) is 0 Å². The van der Waals surface area contributed by atoms with Gasteiger partial charge in [-0.05, 0) is 32.1 Å². The molecule has 1 heterocycles. The molecular formula is C12H23NO. The lowest BCUT2D eigenvalue weighted by Crippen LogP contribution is -2.41. The molecule has 0 aromatic rings. The van der Waals surface area contributed by atoms with Gasteiger partial charge in [0.25, 0.3) is 0 Å². The molecule has 1 aliphatic carbocycles. The van der Waals surface area contributed by atoms with E-state index in [0.29, 0.717) is 6.04 Å². The second-order valence-corrected chi connectivity index (χ2v) is 4.99. The SMILES string of the molecule is CC(CC1CCC1)NC1CCOCC1. The van der Waals surface area contributed by atoms with Gasteiger partial charge in [0.1, 0.15) is 0 Å². The first kappa shape index (κ1) is 10.4. The molecule has 1 N–H and O–H groups in total. The van der Waals surface area contributed by atoms with E-state index in [0.717, 1.165) is 25.2 Å². The Morgan fingerprint density at radius 3 is 2.50 bits per heavy atom. The molecule has 2 rings (SSSR count). The number of rotatable bonds is 4. The maximum absolute atomic E-state index is 5.35. The average Bonchev–Trinajstić information content (AvgIpc) is 2.13. The monoisotopic (exact) mass is 197 g/mol. The smallest absolute Gasteiger partial charge is 0.0480 e. The maximum Gasteiger partial charge on any atom is 0.0480 e. The fourth-order valence-electron chi connectivity index (χ4n) is 2.56. The van der Waals surface area contributed by atoms with Gasteiger partial charge in [0.2, 0.25) is 0 Å². The van der Waals surface area contributed by atoms with Crippen molar-refractivity contribution in [3.8, 4) is 0 Å². The van der Waals surface area contributed by atoms with Crippen LogP contribution in [0.4, 0.5) is 0 Å². The lowest BCUT2D eigenvalue weighted by Gasteiger charge is -2.32. The van der Waals surface area contributed by atoms with Crippen molar-refractivity contribution in [1.82, 2.24) is 5.32 Å². The molecule has 2 nitrogen and oxygen atoms in total. The van der Waals surface area contributed by atoms with Crippen LogP contribution in [0.3, 0.4) is 0 Å². The summed E-state index contributed by atoms with van der Waals surface area (Å²) < 4.78 is 5.35. The van der Waals surface area contributed by atoms with Crippen LogP contribution in [0.5, 0.6) is 0 Å². The van der Waals surface area contributed by atoms with Crippen LogP contribution in [0.25, 0.3) is 0 Å². The fraction of sp³-hybridized carbons (Fsp3) is 1.00. The van der Waals surface area contributed by atoms with E-state index in [2.05, 4.69) is 12.2 Å². The number of nitrogens with one attached hydrogen (secondary N) is 1. The van der Waals surface area contributed by atoms with E-state index in [-0.39, 0.29) is 0 Å². The van der Waals surface area contributed by atoms with Crippen LogP contribution in [-0.2, 0) is 4.74 Å². The zero-order valence-electron chi connectivity index (χ0n) is 9.30. The van der Waals surface area contributed by atoms with E-state index in [1.807, 2.05) is 0 Å². The molecule has 14 heavy (non-hydrogen) atoms. The van der Waals surface area contributed by atoms with Crippen molar-refractivity contribution in [2.45, 2.75) is 57.5 Å². The Kier molecular flexibility index (Phi) is 3.82. The Hall–Kier alpha value is -0.0800. The summed E-state index contributed by atoms with van der Waals surface area (Å²) in [5.41, 5.74) is 0. The van der Waals surface area contributed by atoms with Gasteiger partial charge < -0.3 is 10.1 Å². The van der Waals surface area contributed by atoms with Gasteiger partial charge in [0.05, 0.1) is 0 Å². The van der Waals surface area contributed by atoms with E-state index in [1.54, 1.807) is 0 Å². The van der Waals surface area contributed by atoms with Gasteiger partial charge in [0.15, 0.2) is 0 Å². The summed E-state index contributed by atoms with van der Waals surface area (Å²) in [5, 5.41) is 3.74. The summed E-state index contributed by atoms with van der Waals surface area (Å²) in [5.74, 6) is 1.03. The van der Waals surface area contributed by atoms with Crippen LogP contribution in [0.2, 0.25) is 0 Å². The zero-order chi connectivity index (χ0) is 9.80. The Balaban J connectivity index is 1.62. The van der Waals surface area contributed by atoms with Crippen LogP contribution < -0.4 is 5.32 Å². The van der Waals surface area contributed by atoms with Gasteiger partial charge in [-0.1, -0.05) is 19.3 Å². The Bertz CT molecular complexity index is 162. The zero-order valence-corrected chi connectivity index (χ0v) is 9.30. The molecule has 1 atom stereocenters. The molecule has 1 unspecified atom stereocenters. The Morgan fingerprint density at radius 1 is 1.21 bits per heavy atom. The van der Waals surface area contributed by atoms with Crippen LogP contribution in [0, 0.1) is 5.92 Å². The van der Waals surface area contributed by atoms with Crippen LogP contribution >= 0.6 is 0 Å². The Labute approximate surface area is 87.4 Å². The molecule has 2 fully saturated rings. The molecule has 0 aromatic heterocycles. The highest BCUT2D eigenvalue weighted by Gasteiger charge is 2.22. The molecule has 0 bridgehead atoms. The summed E-state index contributed by atoms with van der Waals surface area (Å²) in [6.07, 6.45) is 8.20. The van der Waals surface area contributed by atoms with Crippen molar-refractivity contribution >= 4 is 0 Å². The summed E-state index contributed by atoms with van der Waals surface area (Å²) in [6, 6.07) is 1.43. The summed E-state index contributed by atoms with van der Waals surface area (Å²) in [7, 11) is 0. The second kappa shape index (κ2) is 5.13. The first-order chi connectivity index (χ1) is 6.84. The van der Waals surface area contributed by atoms with Crippen molar-refractivity contribution in [2.75, 3.05) is 13.2 Å². The summed E-state index contributed by atoms with van der Waals surface area (Å²) >= 11 is 0. The molecule has 82 valence electrons. The molecule has 2 aliphatic rings. The third-order valence-electron chi connectivity index (χ3n) is 3.65. The molecule has 2 heteroatoms. The summed E-state index contributed by atoms with van der Waals surface area (Å²) in [6.45, 7) is 4.25. The largest absolute Gasteiger partial charge is 0.381 e. The van der Waals surface area contributed by atoms with Crippen molar-refractivity contribution in [2.24, 2.45) is 5.92 Å². The minimum atomic E-state index is 0.711. The van der Waals surface area contributed by atoms with Crippen LogP contribution in [-0.4, -0.2) is 25.3 Å². The van der Waals surface area contributed by atoms with E-state index in [1.165, 1.54) is 38.5 Å². The van der Waals surface area contributed by atoms with Crippen molar-refractivity contribution in [3.05, 3.63) is 0 Å². The first-order valence-electron chi connectivity index (χ1n) is 6.18. The third kappa shape index (κ3) is 2.96. The Morgan fingerprint density at radius 2 is 1.93 bits per heavy atom. The second-order valence-electron chi connectivity index (χ2n) is 4.99. The number of ether oxygens (including phenoxy) is 1. The fourth-order valence-corrected chi connectivity index (χ4v) is 2.56. The number of hydrogen-bond acceptors (Lipinski definition) is 2. The van der Waals surface area contributed by atoms with E-state index >= 15 is 0 Å². The standard InChI is InChI=1S/C12H23NO/c1-10(9-11-3-2-4-11)13-12-5-7-14-8-6-12/h10-13H,2-9H2,1H3. The molecular weight excluding hydrogens is 174 g/mol. The number of hydrogen-bond donors (Lipinski definition) is 1. The molecule has 0 radical (unpaired) electrons. The van der Waals surface area contributed by atoms with Crippen LogP contribution in [0.1, 0.15) is 45.4 Å². The molecule has 1 aliphatic heterocycles. The van der Waals surface area contributed by atoms with Crippen molar-refractivity contribution < 1.29 is 4.74 Å². The van der Waals surface area contributed by atoms with Gasteiger partial charge in [0, 0.05) is 25.3 Å². The average molecular weight is 197 g/mol. The maximum atomic E-state index is 5.35. The quantitative estimate of drug-likeness (QED) is 0.747. The predicted molar refractivity (Wildman–Crippen MR) is 58.4 cm³/mol. The highest BCUT2D eigenvalue weighted by Crippen LogP contribution is 2.30. The molecule has 0 aromatic carbocycles. The van der Waals surface area contributed by atoms with E-state index in [9.17, 15) is 0 Å². The highest BCUT2D eigenvalue weighted by molar-refractivity contribution is 4.78. The topological polar surface area (TPSA) is 21.3 Å². The molecule has 0 amide bonds. The minimum absolute atomic E-state index is 0.711. The normalized spacial score (nSPS) is 27.2. The first-order valence-corrected chi connectivity index (χ1v) is 6.18. The van der Waals surface area contributed by atoms with Gasteiger partial charge in [-0.2, -0.15) is 0 Å².